The fourth-order valence-electron chi connectivity index (χ4n) is 1.99. The van der Waals surface area contributed by atoms with Crippen LogP contribution in [0.3, 0.4) is 0 Å². The van der Waals surface area contributed by atoms with E-state index < -0.39 is 5.82 Å². The van der Waals surface area contributed by atoms with Gasteiger partial charge in [-0.15, -0.1) is 0 Å². The maximum absolute atomic E-state index is 13.5. The Morgan fingerprint density at radius 2 is 1.74 bits per heavy atom. The van der Waals surface area contributed by atoms with Gasteiger partial charge in [-0.05, 0) is 42.2 Å². The van der Waals surface area contributed by atoms with Crippen molar-refractivity contribution in [2.45, 2.75) is 18.9 Å². The molecule has 1 atom stereocenters. The predicted molar refractivity (Wildman–Crippen MR) is 73.2 cm³/mol. The quantitative estimate of drug-likeness (QED) is 0.908. The van der Waals surface area contributed by atoms with Crippen LogP contribution in [0.25, 0.3) is 0 Å². The average molecular weight is 282 g/mol. The average Bonchev–Trinajstić information content (AvgIpc) is 2.37. The first-order valence-corrected chi connectivity index (χ1v) is 6.37. The van der Waals surface area contributed by atoms with Crippen molar-refractivity contribution in [1.82, 2.24) is 0 Å². The zero-order valence-corrected chi connectivity index (χ0v) is 11.0. The zero-order valence-electron chi connectivity index (χ0n) is 10.2. The van der Waals surface area contributed by atoms with Crippen LogP contribution in [0.5, 0.6) is 0 Å². The Balaban J connectivity index is 2.03. The smallest absolute Gasteiger partial charge is 0.142 e. The molecule has 4 heteroatoms. The Bertz CT molecular complexity index is 572. The van der Waals surface area contributed by atoms with Gasteiger partial charge in [-0.1, -0.05) is 35.9 Å². The fraction of sp³-hybridized carbons (Fsp3) is 0.200. The number of hydrogen-bond donors (Lipinski definition) is 1. The highest BCUT2D eigenvalue weighted by atomic mass is 35.5. The molecule has 0 aliphatic rings. The van der Waals surface area contributed by atoms with Crippen molar-refractivity contribution in [3.63, 3.8) is 0 Å². The lowest BCUT2D eigenvalue weighted by Gasteiger charge is -2.12. The molecule has 0 aliphatic carbocycles. The molecule has 2 rings (SSSR count). The molecule has 0 spiro atoms. The first-order valence-electron chi connectivity index (χ1n) is 5.99. The lowest BCUT2D eigenvalue weighted by Crippen LogP contribution is -2.26. The van der Waals surface area contributed by atoms with Gasteiger partial charge < -0.3 is 5.73 Å². The molecule has 2 aromatic rings. The first kappa shape index (κ1) is 14.0. The monoisotopic (exact) mass is 281 g/mol. The lowest BCUT2D eigenvalue weighted by molar-refractivity contribution is 0.581. The summed E-state index contributed by atoms with van der Waals surface area (Å²) in [5, 5.41) is 0.0893. The van der Waals surface area contributed by atoms with Gasteiger partial charge in [0.2, 0.25) is 0 Å². The van der Waals surface area contributed by atoms with Gasteiger partial charge in [-0.25, -0.2) is 8.78 Å². The maximum atomic E-state index is 13.5. The minimum atomic E-state index is -0.461. The summed E-state index contributed by atoms with van der Waals surface area (Å²) in [6.45, 7) is 0. The lowest BCUT2D eigenvalue weighted by atomic mass is 9.99. The van der Waals surface area contributed by atoms with E-state index >= 15 is 0 Å². The van der Waals surface area contributed by atoms with Crippen LogP contribution in [0, 0.1) is 11.6 Å². The summed E-state index contributed by atoms with van der Waals surface area (Å²) in [6.07, 6.45) is 0.888. The molecule has 19 heavy (non-hydrogen) atoms. The van der Waals surface area contributed by atoms with Crippen LogP contribution in [-0.2, 0) is 12.8 Å². The van der Waals surface area contributed by atoms with Crippen molar-refractivity contribution < 1.29 is 8.78 Å². The van der Waals surface area contributed by atoms with Gasteiger partial charge in [-0.3, -0.25) is 0 Å². The van der Waals surface area contributed by atoms with Crippen molar-refractivity contribution in [2.75, 3.05) is 0 Å². The van der Waals surface area contributed by atoms with Crippen LogP contribution in [0.1, 0.15) is 11.1 Å². The van der Waals surface area contributed by atoms with Gasteiger partial charge in [0, 0.05) is 6.04 Å². The van der Waals surface area contributed by atoms with Crippen molar-refractivity contribution >= 4 is 11.6 Å². The zero-order chi connectivity index (χ0) is 13.8. The summed E-state index contributed by atoms with van der Waals surface area (Å²) in [5.41, 5.74) is 7.30. The minimum absolute atomic E-state index is 0.0893. The van der Waals surface area contributed by atoms with Gasteiger partial charge in [0.05, 0.1) is 5.02 Å². The Morgan fingerprint density at radius 1 is 1.00 bits per heavy atom. The molecule has 0 aromatic heterocycles. The topological polar surface area (TPSA) is 26.0 Å². The Hall–Kier alpha value is -1.45. The third-order valence-electron chi connectivity index (χ3n) is 2.92. The van der Waals surface area contributed by atoms with Gasteiger partial charge in [-0.2, -0.15) is 0 Å². The van der Waals surface area contributed by atoms with Crippen molar-refractivity contribution in [2.24, 2.45) is 5.73 Å². The van der Waals surface area contributed by atoms with E-state index in [0.717, 1.165) is 5.56 Å². The van der Waals surface area contributed by atoms with E-state index in [1.807, 2.05) is 0 Å². The molecule has 0 aliphatic heterocycles. The standard InChI is InChI=1S/C15H14ClF2N/c16-13-6-5-10(8-15(13)18)7-12(19)9-11-3-1-2-4-14(11)17/h1-6,8,12H,7,9,19H2. The third kappa shape index (κ3) is 3.75. The van der Waals surface area contributed by atoms with Crippen molar-refractivity contribution in [1.29, 1.82) is 0 Å². The molecule has 0 saturated heterocycles. The minimum Gasteiger partial charge on any atom is -0.327 e. The second-order valence-electron chi connectivity index (χ2n) is 4.51. The molecule has 0 fully saturated rings. The molecule has 100 valence electrons. The van der Waals surface area contributed by atoms with Crippen LogP contribution in [0.4, 0.5) is 8.78 Å². The third-order valence-corrected chi connectivity index (χ3v) is 3.23. The van der Waals surface area contributed by atoms with Crippen LogP contribution in [0.15, 0.2) is 42.5 Å². The number of hydrogen-bond acceptors (Lipinski definition) is 1. The van der Waals surface area contributed by atoms with E-state index in [4.69, 9.17) is 17.3 Å². The molecule has 0 bridgehead atoms. The fourth-order valence-corrected chi connectivity index (χ4v) is 2.11. The number of benzene rings is 2. The van der Waals surface area contributed by atoms with Gasteiger partial charge in [0.15, 0.2) is 0 Å². The normalized spacial score (nSPS) is 12.4. The SMILES string of the molecule is NC(Cc1ccc(Cl)c(F)c1)Cc1ccccc1F. The predicted octanol–water partition coefficient (Wildman–Crippen LogP) is 3.73. The molecule has 2 N–H and O–H groups in total. The van der Waals surface area contributed by atoms with Crippen LogP contribution < -0.4 is 5.73 Å². The van der Waals surface area contributed by atoms with Crippen molar-refractivity contribution in [3.8, 4) is 0 Å². The summed E-state index contributed by atoms with van der Waals surface area (Å²) in [6, 6.07) is 10.9. The molecular formula is C15H14ClF2N. The Morgan fingerprint density at radius 3 is 2.42 bits per heavy atom. The van der Waals surface area contributed by atoms with Crippen LogP contribution in [0.2, 0.25) is 5.02 Å². The first-order chi connectivity index (χ1) is 9.06. The van der Waals surface area contributed by atoms with Gasteiger partial charge in [0.25, 0.3) is 0 Å². The van der Waals surface area contributed by atoms with Crippen molar-refractivity contribution in [3.05, 3.63) is 70.2 Å². The van der Waals surface area contributed by atoms with E-state index in [2.05, 4.69) is 0 Å². The van der Waals surface area contributed by atoms with Gasteiger partial charge >= 0.3 is 0 Å². The highest BCUT2D eigenvalue weighted by molar-refractivity contribution is 6.30. The van der Waals surface area contributed by atoms with E-state index in [-0.39, 0.29) is 16.9 Å². The molecule has 1 unspecified atom stereocenters. The highest BCUT2D eigenvalue weighted by Gasteiger charge is 2.10. The Kier molecular flexibility index (Phi) is 4.51. The summed E-state index contributed by atoms with van der Waals surface area (Å²) in [5.74, 6) is -0.725. The van der Waals surface area contributed by atoms with E-state index in [1.165, 1.54) is 18.2 Å². The molecule has 0 amide bonds. The van der Waals surface area contributed by atoms with Crippen LogP contribution in [-0.4, -0.2) is 6.04 Å². The van der Waals surface area contributed by atoms with Crippen LogP contribution >= 0.6 is 11.6 Å². The van der Waals surface area contributed by atoms with Gasteiger partial charge in [0.1, 0.15) is 11.6 Å². The second kappa shape index (κ2) is 6.13. The molecule has 0 heterocycles. The summed E-state index contributed by atoms with van der Waals surface area (Å²) < 4.78 is 26.8. The number of nitrogens with two attached hydrogens (primary N) is 1. The summed E-state index contributed by atoms with van der Waals surface area (Å²) in [4.78, 5) is 0. The Labute approximate surface area is 116 Å². The summed E-state index contributed by atoms with van der Waals surface area (Å²) >= 11 is 5.61. The second-order valence-corrected chi connectivity index (χ2v) is 4.92. The molecule has 2 aromatic carbocycles. The molecule has 1 nitrogen and oxygen atoms in total. The molecule has 0 radical (unpaired) electrons. The van der Waals surface area contributed by atoms with E-state index in [0.29, 0.717) is 18.4 Å². The molecular weight excluding hydrogens is 268 g/mol. The summed E-state index contributed by atoms with van der Waals surface area (Å²) in [7, 11) is 0. The maximum Gasteiger partial charge on any atom is 0.142 e. The number of halogens is 3. The van der Waals surface area contributed by atoms with E-state index in [1.54, 1.807) is 24.3 Å². The number of rotatable bonds is 4. The van der Waals surface area contributed by atoms with E-state index in [9.17, 15) is 8.78 Å². The highest BCUT2D eigenvalue weighted by Crippen LogP contribution is 2.17. The largest absolute Gasteiger partial charge is 0.327 e. The molecule has 0 saturated carbocycles.